The zero-order valence-corrected chi connectivity index (χ0v) is 7.93. The van der Waals surface area contributed by atoms with E-state index in [2.05, 4.69) is 49.7 Å². The van der Waals surface area contributed by atoms with Crippen LogP contribution >= 0.6 is 0 Å². The lowest BCUT2D eigenvalue weighted by Gasteiger charge is -1.99. The second-order valence-electron chi connectivity index (χ2n) is 2.30. The molecule has 1 aromatic carbocycles. The molecular formula is C11H17N. The molecule has 0 aliphatic rings. The van der Waals surface area contributed by atoms with E-state index in [4.69, 9.17) is 0 Å². The van der Waals surface area contributed by atoms with Crippen LogP contribution < -0.4 is 5.32 Å². The Bertz CT molecular complexity index is 178. The Morgan fingerprint density at radius 2 is 1.67 bits per heavy atom. The van der Waals surface area contributed by atoms with E-state index >= 15 is 0 Å². The van der Waals surface area contributed by atoms with Gasteiger partial charge in [0.25, 0.3) is 0 Å². The van der Waals surface area contributed by atoms with Gasteiger partial charge in [-0.2, -0.15) is 0 Å². The quantitative estimate of drug-likeness (QED) is 0.661. The van der Waals surface area contributed by atoms with Crippen LogP contribution in [-0.4, -0.2) is 7.05 Å². The van der Waals surface area contributed by atoms with Gasteiger partial charge in [-0.1, -0.05) is 19.1 Å². The second kappa shape index (κ2) is 6.47. The number of rotatable bonds is 2. The average Bonchev–Trinajstić information content (AvgIpc) is 2.21. The molecule has 0 amide bonds. The van der Waals surface area contributed by atoms with Crippen molar-refractivity contribution in [2.75, 3.05) is 12.4 Å². The minimum absolute atomic E-state index is 1.12. The third-order valence-electron chi connectivity index (χ3n) is 1.65. The predicted octanol–water partition coefficient (Wildman–Crippen LogP) is 3.09. The number of aryl methyl sites for hydroxylation is 1. The van der Waals surface area contributed by atoms with E-state index in [0.29, 0.717) is 0 Å². The molecule has 0 radical (unpaired) electrons. The molecule has 0 bridgehead atoms. The molecule has 1 nitrogen and oxygen atoms in total. The van der Waals surface area contributed by atoms with Crippen molar-refractivity contribution in [1.29, 1.82) is 0 Å². The van der Waals surface area contributed by atoms with Crippen molar-refractivity contribution in [3.63, 3.8) is 0 Å². The number of hydrogen-bond donors (Lipinski definition) is 1. The molecule has 1 aromatic rings. The van der Waals surface area contributed by atoms with Gasteiger partial charge in [0.2, 0.25) is 0 Å². The Kier molecular flexibility index (Phi) is 5.80. The summed E-state index contributed by atoms with van der Waals surface area (Å²) in [4.78, 5) is 0. The average molecular weight is 163 g/mol. The zero-order valence-electron chi connectivity index (χ0n) is 7.93. The summed E-state index contributed by atoms with van der Waals surface area (Å²) in [5, 5.41) is 3.08. The van der Waals surface area contributed by atoms with Gasteiger partial charge in [0.15, 0.2) is 0 Å². The maximum Gasteiger partial charge on any atom is 0.0337 e. The highest BCUT2D eigenvalue weighted by molar-refractivity contribution is 5.43. The largest absolute Gasteiger partial charge is 0.388 e. The van der Waals surface area contributed by atoms with Crippen LogP contribution in [0.3, 0.4) is 0 Å². The second-order valence-corrected chi connectivity index (χ2v) is 2.30. The van der Waals surface area contributed by atoms with Crippen molar-refractivity contribution in [2.24, 2.45) is 0 Å². The molecule has 66 valence electrons. The number of hydrogen-bond acceptors (Lipinski definition) is 1. The Hall–Kier alpha value is -1.24. The Morgan fingerprint density at radius 3 is 2.00 bits per heavy atom. The Morgan fingerprint density at radius 1 is 1.17 bits per heavy atom. The van der Waals surface area contributed by atoms with E-state index in [1.165, 1.54) is 11.3 Å². The van der Waals surface area contributed by atoms with Crippen LogP contribution in [0, 0.1) is 0 Å². The summed E-state index contributed by atoms with van der Waals surface area (Å²) in [6.07, 6.45) is 1.12. The van der Waals surface area contributed by atoms with Gasteiger partial charge in [-0.3, -0.25) is 0 Å². The molecule has 0 unspecified atom stereocenters. The normalized spacial score (nSPS) is 8.17. The summed E-state index contributed by atoms with van der Waals surface area (Å²) >= 11 is 0. The van der Waals surface area contributed by atoms with Crippen LogP contribution in [0.15, 0.2) is 37.4 Å². The summed E-state index contributed by atoms with van der Waals surface area (Å²) in [6.45, 7) is 8.16. The van der Waals surface area contributed by atoms with Gasteiger partial charge in [0, 0.05) is 12.7 Å². The lowest BCUT2D eigenvalue weighted by Crippen LogP contribution is -1.87. The van der Waals surface area contributed by atoms with Crippen molar-refractivity contribution < 1.29 is 0 Å². The van der Waals surface area contributed by atoms with Crippen LogP contribution in [0.5, 0.6) is 0 Å². The first-order chi connectivity index (χ1) is 5.86. The Labute approximate surface area is 75.1 Å². The SMILES string of the molecule is C=C.CCc1ccc(NC)cc1. The van der Waals surface area contributed by atoms with Crippen LogP contribution in [0.1, 0.15) is 12.5 Å². The zero-order chi connectivity index (χ0) is 9.40. The monoisotopic (exact) mass is 163 g/mol. The lowest BCUT2D eigenvalue weighted by atomic mass is 10.1. The molecule has 1 N–H and O–H groups in total. The van der Waals surface area contributed by atoms with Gasteiger partial charge >= 0.3 is 0 Å². The molecule has 1 heteroatoms. The molecule has 0 saturated heterocycles. The van der Waals surface area contributed by atoms with E-state index in [1.54, 1.807) is 0 Å². The maximum absolute atomic E-state index is 3.08. The van der Waals surface area contributed by atoms with E-state index in [1.807, 2.05) is 7.05 Å². The number of anilines is 1. The minimum Gasteiger partial charge on any atom is -0.388 e. The summed E-state index contributed by atoms with van der Waals surface area (Å²) in [6, 6.07) is 8.48. The molecule has 0 saturated carbocycles. The van der Waals surface area contributed by atoms with Gasteiger partial charge in [-0.15, -0.1) is 13.2 Å². The fourth-order valence-corrected chi connectivity index (χ4v) is 0.907. The topological polar surface area (TPSA) is 12.0 Å². The molecule has 1 rings (SSSR count). The molecular weight excluding hydrogens is 146 g/mol. The third kappa shape index (κ3) is 3.24. The number of benzene rings is 1. The molecule has 0 atom stereocenters. The number of nitrogens with one attached hydrogen (secondary N) is 1. The van der Waals surface area contributed by atoms with Gasteiger partial charge in [-0.05, 0) is 24.1 Å². The maximum atomic E-state index is 3.08. The molecule has 0 spiro atoms. The molecule has 0 aromatic heterocycles. The van der Waals surface area contributed by atoms with E-state index in [9.17, 15) is 0 Å². The molecule has 0 heterocycles. The first-order valence-electron chi connectivity index (χ1n) is 4.13. The standard InChI is InChI=1S/C9H13N.C2H4/c1-3-8-4-6-9(10-2)7-5-8;1-2/h4-7,10H,3H2,1-2H3;1-2H2. The molecule has 12 heavy (non-hydrogen) atoms. The van der Waals surface area contributed by atoms with Crippen LogP contribution in [0.25, 0.3) is 0 Å². The highest BCUT2D eigenvalue weighted by atomic mass is 14.8. The minimum atomic E-state index is 1.12. The first-order valence-corrected chi connectivity index (χ1v) is 4.13. The van der Waals surface area contributed by atoms with Crippen LogP contribution in [0.4, 0.5) is 5.69 Å². The van der Waals surface area contributed by atoms with E-state index < -0.39 is 0 Å². The Balaban J connectivity index is 0.000000561. The lowest BCUT2D eigenvalue weighted by molar-refractivity contribution is 1.14. The smallest absolute Gasteiger partial charge is 0.0337 e. The molecule has 0 aliphatic carbocycles. The predicted molar refractivity (Wildman–Crippen MR) is 56.6 cm³/mol. The fraction of sp³-hybridized carbons (Fsp3) is 0.273. The van der Waals surface area contributed by atoms with Gasteiger partial charge in [-0.25, -0.2) is 0 Å². The third-order valence-corrected chi connectivity index (χ3v) is 1.65. The molecule has 0 aliphatic heterocycles. The first kappa shape index (κ1) is 10.8. The van der Waals surface area contributed by atoms with Crippen molar-refractivity contribution in [2.45, 2.75) is 13.3 Å². The highest BCUT2D eigenvalue weighted by Crippen LogP contribution is 2.08. The molecule has 0 fully saturated rings. The summed E-state index contributed by atoms with van der Waals surface area (Å²) in [5.74, 6) is 0. The summed E-state index contributed by atoms with van der Waals surface area (Å²) in [7, 11) is 1.93. The van der Waals surface area contributed by atoms with Crippen molar-refractivity contribution >= 4 is 5.69 Å². The van der Waals surface area contributed by atoms with Crippen LogP contribution in [0.2, 0.25) is 0 Å². The van der Waals surface area contributed by atoms with E-state index in [0.717, 1.165) is 6.42 Å². The van der Waals surface area contributed by atoms with Gasteiger partial charge in [0.1, 0.15) is 0 Å². The van der Waals surface area contributed by atoms with Crippen molar-refractivity contribution in [3.05, 3.63) is 43.0 Å². The highest BCUT2D eigenvalue weighted by Gasteiger charge is 1.87. The van der Waals surface area contributed by atoms with Crippen molar-refractivity contribution in [3.8, 4) is 0 Å². The van der Waals surface area contributed by atoms with Gasteiger partial charge < -0.3 is 5.32 Å². The van der Waals surface area contributed by atoms with Crippen molar-refractivity contribution in [1.82, 2.24) is 0 Å². The van der Waals surface area contributed by atoms with E-state index in [-0.39, 0.29) is 0 Å². The fourth-order valence-electron chi connectivity index (χ4n) is 0.907. The summed E-state index contributed by atoms with van der Waals surface area (Å²) < 4.78 is 0. The summed E-state index contributed by atoms with van der Waals surface area (Å²) in [5.41, 5.74) is 2.57. The van der Waals surface area contributed by atoms with Crippen LogP contribution in [-0.2, 0) is 6.42 Å². The van der Waals surface area contributed by atoms with Gasteiger partial charge in [0.05, 0.1) is 0 Å².